The molecule has 0 fully saturated rings. The number of benzene rings is 2. The van der Waals surface area contributed by atoms with E-state index in [1.807, 2.05) is 0 Å². The number of alkyl halides is 8. The Kier molecular flexibility index (Phi) is 6.53. The number of halogens is 16. The quantitative estimate of drug-likeness (QED) is 0.232. The molecule has 17 heteroatoms. The van der Waals surface area contributed by atoms with Gasteiger partial charge in [-0.2, -0.15) is 35.1 Å². The summed E-state index contributed by atoms with van der Waals surface area (Å²) in [6, 6.07) is 0. The molecule has 1 nitrogen and oxygen atoms in total. The van der Waals surface area contributed by atoms with Crippen LogP contribution in [0.5, 0.6) is 0 Å². The maximum absolute atomic E-state index is 14.2. The van der Waals surface area contributed by atoms with Gasteiger partial charge in [0, 0.05) is 5.57 Å². The Bertz CT molecular complexity index is 1170. The maximum Gasteiger partial charge on any atom is 0.458 e. The fraction of sp³-hybridized carbons (Fsp3) is 0.176. The second-order valence-corrected chi connectivity index (χ2v) is 6.07. The van der Waals surface area contributed by atoms with Crippen LogP contribution in [0.15, 0.2) is 0 Å². The lowest BCUT2D eigenvalue weighted by atomic mass is 9.92. The fourth-order valence-corrected chi connectivity index (χ4v) is 2.61. The first-order chi connectivity index (χ1) is 15.2. The zero-order valence-electron chi connectivity index (χ0n) is 15.0. The third-order valence-corrected chi connectivity index (χ3v) is 4.09. The van der Waals surface area contributed by atoms with Crippen molar-refractivity contribution in [3.8, 4) is 0 Å². The van der Waals surface area contributed by atoms with Crippen LogP contribution in [0.3, 0.4) is 0 Å². The molecule has 2 aromatic carbocycles. The molecular weight excluding hydrogens is 522 g/mol. The second-order valence-electron chi connectivity index (χ2n) is 6.07. The number of rotatable bonds is 3. The van der Waals surface area contributed by atoms with Gasteiger partial charge in [-0.3, -0.25) is 5.87 Å². The molecular formula is C17F16N-. The predicted molar refractivity (Wildman–Crippen MR) is 78.4 cm³/mol. The van der Waals surface area contributed by atoms with Crippen LogP contribution in [0.2, 0.25) is 0 Å². The highest BCUT2D eigenvalue weighted by atomic mass is 19.4. The van der Waals surface area contributed by atoms with Crippen LogP contribution in [-0.4, -0.2) is 12.0 Å². The van der Waals surface area contributed by atoms with Crippen LogP contribution < -0.4 is 0 Å². The van der Waals surface area contributed by atoms with Crippen molar-refractivity contribution in [3.05, 3.63) is 74.2 Å². The second kappa shape index (κ2) is 8.21. The summed E-state index contributed by atoms with van der Waals surface area (Å²) in [4.78, 5) is 0. The lowest BCUT2D eigenvalue weighted by Gasteiger charge is -2.23. The van der Waals surface area contributed by atoms with Gasteiger partial charge in [0.25, 0.3) is 0 Å². The van der Waals surface area contributed by atoms with Gasteiger partial charge in [0.15, 0.2) is 46.5 Å². The van der Waals surface area contributed by atoms with Crippen molar-refractivity contribution in [2.75, 3.05) is 0 Å². The van der Waals surface area contributed by atoms with Gasteiger partial charge in [0.1, 0.15) is 11.1 Å². The van der Waals surface area contributed by atoms with Gasteiger partial charge in [-0.1, -0.05) is 0 Å². The fourth-order valence-electron chi connectivity index (χ4n) is 2.61. The van der Waals surface area contributed by atoms with Crippen molar-refractivity contribution in [2.24, 2.45) is 0 Å². The molecule has 0 aliphatic heterocycles. The number of hydrogen-bond donors (Lipinski definition) is 0. The third kappa shape index (κ3) is 3.86. The van der Waals surface area contributed by atoms with E-state index in [0.717, 1.165) is 0 Å². The van der Waals surface area contributed by atoms with E-state index in [2.05, 4.69) is 0 Å². The van der Waals surface area contributed by atoms with Gasteiger partial charge in [0.05, 0.1) is 11.1 Å². The Morgan fingerprint density at radius 3 is 1.03 bits per heavy atom. The smallest absolute Gasteiger partial charge is 0.458 e. The maximum atomic E-state index is 14.2. The van der Waals surface area contributed by atoms with Crippen LogP contribution in [-0.2, 0) is 12.1 Å². The van der Waals surface area contributed by atoms with Crippen molar-refractivity contribution in [2.45, 2.75) is 18.3 Å². The zero-order valence-corrected chi connectivity index (χ0v) is 15.0. The Labute approximate surface area is 175 Å². The first-order valence-corrected chi connectivity index (χ1v) is 7.75. The van der Waals surface area contributed by atoms with Gasteiger partial charge >= 0.3 is 18.3 Å². The van der Waals surface area contributed by atoms with Crippen LogP contribution in [0.1, 0.15) is 22.3 Å². The highest BCUT2D eigenvalue weighted by Crippen LogP contribution is 2.48. The molecule has 0 unspecified atom stereocenters. The summed E-state index contributed by atoms with van der Waals surface area (Å²) < 4.78 is 214. The normalized spacial score (nSPS) is 12.7. The Balaban J connectivity index is 3.01. The standard InChI is InChI=1S/C17F16N/c18-7-3(8(19)12(23)5(11(7)22)15(26,27)17(31,32)33)2(1-34)4-9(20)13(24)6(16(28,29)30)14(25)10(4)21/q-1. The van der Waals surface area contributed by atoms with Crippen molar-refractivity contribution >= 4 is 11.4 Å². The number of hydrogen-bond acceptors (Lipinski definition) is 0. The minimum atomic E-state index is -6.85. The van der Waals surface area contributed by atoms with Crippen LogP contribution in [0.4, 0.5) is 70.2 Å². The lowest BCUT2D eigenvalue weighted by molar-refractivity contribution is -0.291. The highest BCUT2D eigenvalue weighted by Gasteiger charge is 2.62. The largest absolute Gasteiger partial charge is 0.763 e. The third-order valence-electron chi connectivity index (χ3n) is 4.09. The SMILES string of the molecule is [N-]=C=C(c1c(F)c(F)c(C(F)(F)F)c(F)c1F)c1c(F)c(F)c(C(F)(F)C(F)(F)F)c(F)c1F. The van der Waals surface area contributed by atoms with E-state index in [0.29, 0.717) is 5.87 Å². The molecule has 2 aromatic rings. The van der Waals surface area contributed by atoms with E-state index in [-0.39, 0.29) is 0 Å². The van der Waals surface area contributed by atoms with E-state index in [1.54, 1.807) is 0 Å². The lowest BCUT2D eigenvalue weighted by Crippen LogP contribution is -2.36. The summed E-state index contributed by atoms with van der Waals surface area (Å²) in [5.74, 6) is -32.9. The molecule has 34 heavy (non-hydrogen) atoms. The molecule has 0 N–H and O–H groups in total. The molecule has 0 saturated carbocycles. The summed E-state index contributed by atoms with van der Waals surface area (Å²) in [6.45, 7) is 0. The van der Waals surface area contributed by atoms with Gasteiger partial charge in [-0.15, -0.1) is 0 Å². The molecule has 0 bridgehead atoms. The van der Waals surface area contributed by atoms with Crippen LogP contribution in [0, 0.1) is 46.5 Å². The van der Waals surface area contributed by atoms with Gasteiger partial charge in [0.2, 0.25) is 0 Å². The molecule has 0 saturated heterocycles. The molecule has 0 aromatic heterocycles. The molecule has 0 aliphatic rings. The van der Waals surface area contributed by atoms with Crippen LogP contribution in [0.25, 0.3) is 11.0 Å². The zero-order chi connectivity index (χ0) is 26.7. The van der Waals surface area contributed by atoms with Crippen LogP contribution >= 0.6 is 0 Å². The van der Waals surface area contributed by atoms with E-state index in [1.165, 1.54) is 0 Å². The minimum Gasteiger partial charge on any atom is -0.763 e. The average molecular weight is 522 g/mol. The van der Waals surface area contributed by atoms with E-state index in [4.69, 9.17) is 5.41 Å². The topological polar surface area (TPSA) is 22.3 Å². The van der Waals surface area contributed by atoms with Gasteiger partial charge in [-0.05, 0) is 0 Å². The molecule has 0 spiro atoms. The Morgan fingerprint density at radius 1 is 0.500 bits per heavy atom. The Hall–Kier alpha value is -3.23. The van der Waals surface area contributed by atoms with Crippen molar-refractivity contribution < 1.29 is 70.2 Å². The highest BCUT2D eigenvalue weighted by molar-refractivity contribution is 6.00. The molecule has 0 heterocycles. The average Bonchev–Trinajstić information content (AvgIpc) is 2.68. The molecule has 0 aliphatic carbocycles. The summed E-state index contributed by atoms with van der Waals surface area (Å²) in [5.41, 5.74) is -14.8. The van der Waals surface area contributed by atoms with E-state index >= 15 is 0 Å². The first kappa shape index (κ1) is 27.0. The number of nitrogens with zero attached hydrogens (tertiary/aromatic N) is 1. The summed E-state index contributed by atoms with van der Waals surface area (Å²) >= 11 is 0. The molecule has 2 rings (SSSR count). The van der Waals surface area contributed by atoms with Crippen molar-refractivity contribution in [1.29, 1.82) is 0 Å². The molecule has 0 amide bonds. The molecule has 186 valence electrons. The summed E-state index contributed by atoms with van der Waals surface area (Å²) in [7, 11) is 0. The van der Waals surface area contributed by atoms with Gasteiger partial charge < -0.3 is 5.41 Å². The van der Waals surface area contributed by atoms with Crippen molar-refractivity contribution in [1.82, 2.24) is 0 Å². The van der Waals surface area contributed by atoms with E-state index < -0.39 is 92.6 Å². The van der Waals surface area contributed by atoms with Crippen molar-refractivity contribution in [3.63, 3.8) is 0 Å². The minimum absolute atomic E-state index is 0.353. The Morgan fingerprint density at radius 2 is 0.794 bits per heavy atom. The summed E-state index contributed by atoms with van der Waals surface area (Å²) in [6.07, 6.45) is -13.0. The molecule has 0 atom stereocenters. The van der Waals surface area contributed by atoms with E-state index in [9.17, 15) is 70.2 Å². The molecule has 0 radical (unpaired) electrons. The first-order valence-electron chi connectivity index (χ1n) is 7.75. The van der Waals surface area contributed by atoms with Gasteiger partial charge in [-0.25, -0.2) is 35.1 Å². The monoisotopic (exact) mass is 522 g/mol. The predicted octanol–water partition coefficient (Wildman–Crippen LogP) is 7.14. The summed E-state index contributed by atoms with van der Waals surface area (Å²) in [5, 5.41) is 8.89.